The zero-order chi connectivity index (χ0) is 32.9. The topological polar surface area (TPSA) is 65.1 Å². The number of hydrogen-bond acceptors (Lipinski definition) is 5. The van der Waals surface area contributed by atoms with Gasteiger partial charge in [-0.25, -0.2) is 4.98 Å². The van der Waals surface area contributed by atoms with Crippen LogP contribution in [0.2, 0.25) is 0 Å². The highest BCUT2D eigenvalue weighted by atomic mass is 16.3. The molecule has 0 spiro atoms. The molecule has 0 aliphatic carbocycles. The van der Waals surface area contributed by atoms with Crippen LogP contribution in [0.5, 0.6) is 0 Å². The number of nitrogens with one attached hydrogen (secondary N) is 1. The summed E-state index contributed by atoms with van der Waals surface area (Å²) >= 11 is 0. The van der Waals surface area contributed by atoms with Crippen molar-refractivity contribution in [3.63, 3.8) is 0 Å². The number of nitrogens with zero attached hydrogens (tertiary/aromatic N) is 3. The van der Waals surface area contributed by atoms with Gasteiger partial charge in [0.05, 0.1) is 17.1 Å². The zero-order valence-electron chi connectivity index (χ0n) is 27.5. The first kappa shape index (κ1) is 29.5. The number of fused-ring (bicyclic) bond motifs is 4. The van der Waals surface area contributed by atoms with Crippen LogP contribution in [-0.4, -0.2) is 4.98 Å². The number of aromatic nitrogens is 1. The number of furan rings is 1. The molecule has 1 unspecified atom stereocenters. The molecule has 1 atom stereocenters. The van der Waals surface area contributed by atoms with Gasteiger partial charge in [0.15, 0.2) is 0 Å². The average molecular weight is 625 g/mol. The Kier molecular flexibility index (Phi) is 7.22. The second-order valence-corrected chi connectivity index (χ2v) is 13.2. The predicted octanol–water partition coefficient (Wildman–Crippen LogP) is 11.7. The van der Waals surface area contributed by atoms with Gasteiger partial charge in [-0.05, 0) is 81.6 Å². The molecule has 8 rings (SSSR count). The van der Waals surface area contributed by atoms with Crippen LogP contribution in [0.25, 0.3) is 44.3 Å². The van der Waals surface area contributed by atoms with Crippen molar-refractivity contribution in [3.8, 4) is 28.3 Å². The Morgan fingerprint density at radius 3 is 2.02 bits per heavy atom. The van der Waals surface area contributed by atoms with E-state index >= 15 is 0 Å². The smallest absolute Gasteiger partial charge is 0.228 e. The second-order valence-electron chi connectivity index (χ2n) is 13.2. The van der Waals surface area contributed by atoms with E-state index in [1.807, 2.05) is 6.07 Å². The van der Waals surface area contributed by atoms with Crippen LogP contribution in [0, 0.1) is 11.3 Å². The third kappa shape index (κ3) is 4.89. The summed E-state index contributed by atoms with van der Waals surface area (Å²) in [5.41, 5.74) is 13.5. The molecule has 1 N–H and O–H groups in total. The van der Waals surface area contributed by atoms with Crippen molar-refractivity contribution in [2.24, 2.45) is 0 Å². The van der Waals surface area contributed by atoms with Gasteiger partial charge in [-0.1, -0.05) is 113 Å². The number of para-hydroxylation sites is 3. The molecule has 48 heavy (non-hydrogen) atoms. The molecule has 7 aromatic rings. The Balaban J connectivity index is 1.31. The van der Waals surface area contributed by atoms with Crippen LogP contribution in [0.3, 0.4) is 0 Å². The molecular weight excluding hydrogens is 589 g/mol. The lowest BCUT2D eigenvalue weighted by atomic mass is 9.87. The van der Waals surface area contributed by atoms with E-state index in [4.69, 9.17) is 4.42 Å². The number of rotatable bonds is 6. The maximum absolute atomic E-state index is 9.48. The minimum absolute atomic E-state index is 0.229. The van der Waals surface area contributed by atoms with Crippen molar-refractivity contribution in [3.05, 3.63) is 144 Å². The van der Waals surface area contributed by atoms with E-state index in [0.717, 1.165) is 33.3 Å². The van der Waals surface area contributed by atoms with Crippen LogP contribution in [-0.2, 0) is 0 Å². The van der Waals surface area contributed by atoms with Crippen LogP contribution in [0.4, 0.5) is 17.1 Å². The maximum atomic E-state index is 9.48. The van der Waals surface area contributed by atoms with Crippen molar-refractivity contribution < 1.29 is 4.42 Å². The van der Waals surface area contributed by atoms with Gasteiger partial charge in [-0.2, -0.15) is 5.26 Å². The summed E-state index contributed by atoms with van der Waals surface area (Å²) in [6, 6.07) is 44.9. The first-order valence-electron chi connectivity index (χ1n) is 16.6. The highest BCUT2D eigenvalue weighted by Gasteiger charge is 2.36. The molecular formula is C43H36N4O. The first-order chi connectivity index (χ1) is 23.4. The SMILES string of the molecule is CC(C)c1cc(-c2ccc(-c3ccccc3)cc2)cc(C(C)C)c1N1c2ccccc2NC1c1cccc2c1oc1nc(C#N)ccc12. The summed E-state index contributed by atoms with van der Waals surface area (Å²) in [4.78, 5) is 6.96. The summed E-state index contributed by atoms with van der Waals surface area (Å²) in [7, 11) is 0. The van der Waals surface area contributed by atoms with Gasteiger partial charge in [-0.3, -0.25) is 0 Å². The quantitative estimate of drug-likeness (QED) is 0.199. The molecule has 0 saturated heterocycles. The fraction of sp³-hybridized carbons (Fsp3) is 0.163. The van der Waals surface area contributed by atoms with Crippen LogP contribution in [0.15, 0.2) is 126 Å². The summed E-state index contributed by atoms with van der Waals surface area (Å²) in [5, 5.41) is 15.2. The van der Waals surface area contributed by atoms with Crippen LogP contribution < -0.4 is 10.2 Å². The number of pyridine rings is 1. The molecule has 2 aromatic heterocycles. The van der Waals surface area contributed by atoms with Crippen molar-refractivity contribution in [1.29, 1.82) is 5.26 Å². The van der Waals surface area contributed by atoms with E-state index < -0.39 is 0 Å². The third-order valence-corrected chi connectivity index (χ3v) is 9.50. The normalized spacial score (nSPS) is 14.1. The van der Waals surface area contributed by atoms with Gasteiger partial charge in [0.25, 0.3) is 0 Å². The zero-order valence-corrected chi connectivity index (χ0v) is 27.5. The summed E-state index contributed by atoms with van der Waals surface area (Å²) in [5.74, 6) is 0.537. The number of hydrogen-bond donors (Lipinski definition) is 1. The molecule has 0 amide bonds. The lowest BCUT2D eigenvalue weighted by molar-refractivity contribution is 0.641. The van der Waals surface area contributed by atoms with E-state index in [-0.39, 0.29) is 18.0 Å². The van der Waals surface area contributed by atoms with Crippen molar-refractivity contribution in [2.75, 3.05) is 10.2 Å². The fourth-order valence-corrected chi connectivity index (χ4v) is 7.09. The van der Waals surface area contributed by atoms with E-state index in [2.05, 4.69) is 158 Å². The standard InChI is InChI=1S/C43H36N4O/c1-26(2)36-23-31(30-19-17-29(18-20-30)28-11-6-5-7-12-28)24-37(27(3)4)40(36)47-39-16-9-8-15-38(39)46-42(47)35-14-10-13-33-34-22-21-32(25-44)45-43(34)48-41(33)35/h5-24,26-27,42,46H,1-4H3. The van der Waals surface area contributed by atoms with Crippen LogP contribution in [0.1, 0.15) is 68.1 Å². The first-order valence-corrected chi connectivity index (χ1v) is 16.6. The Bertz CT molecular complexity index is 2320. The monoisotopic (exact) mass is 624 g/mol. The number of nitriles is 1. The molecule has 0 fully saturated rings. The predicted molar refractivity (Wildman–Crippen MR) is 197 cm³/mol. The molecule has 5 nitrogen and oxygen atoms in total. The Labute approximate surface area is 281 Å². The average Bonchev–Trinajstić information content (AvgIpc) is 3.69. The van der Waals surface area contributed by atoms with Gasteiger partial charge < -0.3 is 14.6 Å². The maximum Gasteiger partial charge on any atom is 0.228 e. The fourth-order valence-electron chi connectivity index (χ4n) is 7.09. The Morgan fingerprint density at radius 1 is 0.688 bits per heavy atom. The van der Waals surface area contributed by atoms with Crippen molar-refractivity contribution in [2.45, 2.75) is 45.7 Å². The van der Waals surface area contributed by atoms with Gasteiger partial charge >= 0.3 is 0 Å². The molecule has 0 saturated carbocycles. The minimum Gasteiger partial charge on any atom is -0.437 e. The lowest BCUT2D eigenvalue weighted by Gasteiger charge is -2.34. The summed E-state index contributed by atoms with van der Waals surface area (Å²) in [6.07, 6.45) is -0.229. The second kappa shape index (κ2) is 11.7. The molecule has 0 bridgehead atoms. The van der Waals surface area contributed by atoms with E-state index in [9.17, 15) is 5.26 Å². The summed E-state index contributed by atoms with van der Waals surface area (Å²) < 4.78 is 6.47. The summed E-state index contributed by atoms with van der Waals surface area (Å²) in [6.45, 7) is 9.14. The molecule has 5 aromatic carbocycles. The van der Waals surface area contributed by atoms with Crippen molar-refractivity contribution >= 4 is 39.1 Å². The third-order valence-electron chi connectivity index (χ3n) is 9.50. The van der Waals surface area contributed by atoms with Gasteiger partial charge in [0, 0.05) is 16.3 Å². The van der Waals surface area contributed by atoms with Gasteiger partial charge in [0.1, 0.15) is 23.5 Å². The van der Waals surface area contributed by atoms with E-state index in [0.29, 0.717) is 11.4 Å². The van der Waals surface area contributed by atoms with Gasteiger partial charge in [-0.15, -0.1) is 0 Å². The number of anilines is 3. The van der Waals surface area contributed by atoms with Crippen molar-refractivity contribution in [1.82, 2.24) is 4.98 Å². The van der Waals surface area contributed by atoms with E-state index in [1.165, 1.54) is 39.1 Å². The lowest BCUT2D eigenvalue weighted by Crippen LogP contribution is -2.26. The Hall–Kier alpha value is -5.86. The Morgan fingerprint density at radius 2 is 1.33 bits per heavy atom. The molecule has 5 heteroatoms. The molecule has 1 aliphatic heterocycles. The minimum atomic E-state index is -0.229. The largest absolute Gasteiger partial charge is 0.437 e. The van der Waals surface area contributed by atoms with Crippen LogP contribution >= 0.6 is 0 Å². The highest BCUT2D eigenvalue weighted by molar-refractivity contribution is 6.05. The number of benzene rings is 5. The molecule has 1 aliphatic rings. The molecule has 234 valence electrons. The van der Waals surface area contributed by atoms with Gasteiger partial charge in [0.2, 0.25) is 5.71 Å². The van der Waals surface area contributed by atoms with E-state index in [1.54, 1.807) is 6.07 Å². The molecule has 3 heterocycles. The highest BCUT2D eigenvalue weighted by Crippen LogP contribution is 2.52. The molecule has 0 radical (unpaired) electrons.